The summed E-state index contributed by atoms with van der Waals surface area (Å²) in [6.07, 6.45) is 3.75. The maximum atomic E-state index is 12.9. The van der Waals surface area contributed by atoms with E-state index in [-0.39, 0.29) is 5.91 Å². The molecule has 4 nitrogen and oxygen atoms in total. The molecule has 3 rings (SSSR count). The number of benzene rings is 1. The van der Waals surface area contributed by atoms with Crippen molar-refractivity contribution in [2.24, 2.45) is 0 Å². The zero-order chi connectivity index (χ0) is 14.8. The second-order valence-electron chi connectivity index (χ2n) is 5.46. The van der Waals surface area contributed by atoms with Crippen molar-refractivity contribution in [2.45, 2.75) is 12.8 Å². The second-order valence-corrected chi connectivity index (χ2v) is 5.46. The van der Waals surface area contributed by atoms with E-state index in [2.05, 4.69) is 11.1 Å². The van der Waals surface area contributed by atoms with Gasteiger partial charge in [0.1, 0.15) is 5.82 Å². The summed E-state index contributed by atoms with van der Waals surface area (Å²) in [7, 11) is 3.81. The lowest BCUT2D eigenvalue weighted by Gasteiger charge is -2.30. The first-order valence-electron chi connectivity index (χ1n) is 7.20. The van der Waals surface area contributed by atoms with Gasteiger partial charge < -0.3 is 9.80 Å². The van der Waals surface area contributed by atoms with Crippen LogP contribution in [-0.4, -0.2) is 31.5 Å². The number of anilines is 2. The molecule has 0 N–H and O–H groups in total. The smallest absolute Gasteiger partial charge is 0.262 e. The predicted octanol–water partition coefficient (Wildman–Crippen LogP) is 2.74. The third-order valence-corrected chi connectivity index (χ3v) is 3.80. The van der Waals surface area contributed by atoms with Gasteiger partial charge in [-0.3, -0.25) is 4.79 Å². The molecule has 2 heterocycles. The number of nitrogens with zero attached hydrogens (tertiary/aromatic N) is 3. The van der Waals surface area contributed by atoms with E-state index in [1.807, 2.05) is 54.2 Å². The summed E-state index contributed by atoms with van der Waals surface area (Å²) in [4.78, 5) is 21.0. The molecule has 0 spiro atoms. The average molecular weight is 281 g/mol. The Bertz CT molecular complexity index is 667. The van der Waals surface area contributed by atoms with Crippen molar-refractivity contribution in [2.75, 3.05) is 30.4 Å². The van der Waals surface area contributed by atoms with Crippen molar-refractivity contribution in [3.8, 4) is 0 Å². The molecule has 0 radical (unpaired) electrons. The molecule has 0 saturated carbocycles. The van der Waals surface area contributed by atoms with E-state index in [1.165, 1.54) is 5.56 Å². The van der Waals surface area contributed by atoms with Crippen molar-refractivity contribution in [3.05, 3.63) is 53.7 Å². The molecule has 1 aromatic heterocycles. The van der Waals surface area contributed by atoms with Gasteiger partial charge in [0.05, 0.1) is 5.56 Å². The molecular weight excluding hydrogens is 262 g/mol. The molecule has 0 aliphatic carbocycles. The number of fused-ring (bicyclic) bond motifs is 1. The molecule has 4 heteroatoms. The van der Waals surface area contributed by atoms with Crippen LogP contribution in [0.25, 0.3) is 0 Å². The zero-order valence-electron chi connectivity index (χ0n) is 12.4. The third kappa shape index (κ3) is 2.49. The molecule has 21 heavy (non-hydrogen) atoms. The SMILES string of the molecule is CN(C)c1ncccc1C(=O)N1CCCc2ccccc21. The van der Waals surface area contributed by atoms with Crippen LogP contribution in [0.1, 0.15) is 22.3 Å². The summed E-state index contributed by atoms with van der Waals surface area (Å²) in [5, 5.41) is 0. The fraction of sp³-hybridized carbons (Fsp3) is 0.294. The van der Waals surface area contributed by atoms with Crippen LogP contribution in [0.4, 0.5) is 11.5 Å². The van der Waals surface area contributed by atoms with Gasteiger partial charge in [0.15, 0.2) is 0 Å². The molecule has 1 aromatic carbocycles. The van der Waals surface area contributed by atoms with Gasteiger partial charge in [-0.1, -0.05) is 18.2 Å². The van der Waals surface area contributed by atoms with Crippen LogP contribution in [-0.2, 0) is 6.42 Å². The highest BCUT2D eigenvalue weighted by Gasteiger charge is 2.25. The summed E-state index contributed by atoms with van der Waals surface area (Å²) in [6, 6.07) is 11.8. The number of rotatable bonds is 2. The van der Waals surface area contributed by atoms with Gasteiger partial charge in [0, 0.05) is 32.5 Å². The van der Waals surface area contributed by atoms with Gasteiger partial charge >= 0.3 is 0 Å². The Hall–Kier alpha value is -2.36. The number of aromatic nitrogens is 1. The highest BCUT2D eigenvalue weighted by molar-refractivity contribution is 6.09. The summed E-state index contributed by atoms with van der Waals surface area (Å²) < 4.78 is 0. The molecule has 1 aliphatic rings. The van der Waals surface area contributed by atoms with Crippen LogP contribution in [0.2, 0.25) is 0 Å². The number of aryl methyl sites for hydroxylation is 1. The number of pyridine rings is 1. The molecular formula is C17H19N3O. The molecule has 1 aliphatic heterocycles. The molecule has 1 amide bonds. The minimum absolute atomic E-state index is 0.0268. The van der Waals surface area contributed by atoms with Gasteiger partial charge in [-0.15, -0.1) is 0 Å². The predicted molar refractivity (Wildman–Crippen MR) is 85.0 cm³/mol. The molecule has 2 aromatic rings. The standard InChI is InChI=1S/C17H19N3O/c1-19(2)16-14(9-5-11-18-16)17(21)20-12-6-8-13-7-3-4-10-15(13)20/h3-5,7,9-11H,6,8,12H2,1-2H3. The monoisotopic (exact) mass is 281 g/mol. The minimum Gasteiger partial charge on any atom is -0.362 e. The Labute approximate surface area is 125 Å². The van der Waals surface area contributed by atoms with E-state index in [9.17, 15) is 4.79 Å². The summed E-state index contributed by atoms with van der Waals surface area (Å²) in [5.74, 6) is 0.740. The molecule has 108 valence electrons. The fourth-order valence-electron chi connectivity index (χ4n) is 2.81. The number of carbonyl (C=O) groups excluding carboxylic acids is 1. The number of hydrogen-bond acceptors (Lipinski definition) is 3. The molecule has 0 atom stereocenters. The van der Waals surface area contributed by atoms with Crippen LogP contribution in [0.3, 0.4) is 0 Å². The van der Waals surface area contributed by atoms with E-state index in [1.54, 1.807) is 6.20 Å². The van der Waals surface area contributed by atoms with Crippen molar-refractivity contribution < 1.29 is 4.79 Å². The first-order chi connectivity index (χ1) is 10.2. The van der Waals surface area contributed by atoms with Gasteiger partial charge in [-0.25, -0.2) is 4.98 Å². The van der Waals surface area contributed by atoms with Crippen LogP contribution in [0.15, 0.2) is 42.6 Å². The first-order valence-corrected chi connectivity index (χ1v) is 7.20. The molecule has 0 fully saturated rings. The zero-order valence-corrected chi connectivity index (χ0v) is 12.4. The Morgan fingerprint density at radius 1 is 1.19 bits per heavy atom. The fourth-order valence-corrected chi connectivity index (χ4v) is 2.81. The summed E-state index contributed by atoms with van der Waals surface area (Å²) >= 11 is 0. The maximum absolute atomic E-state index is 12.9. The Morgan fingerprint density at radius 2 is 2.00 bits per heavy atom. The van der Waals surface area contributed by atoms with E-state index >= 15 is 0 Å². The highest BCUT2D eigenvalue weighted by atomic mass is 16.2. The van der Waals surface area contributed by atoms with Gasteiger partial charge in [0.25, 0.3) is 5.91 Å². The maximum Gasteiger partial charge on any atom is 0.262 e. The molecule has 0 bridgehead atoms. The largest absolute Gasteiger partial charge is 0.362 e. The van der Waals surface area contributed by atoms with E-state index in [4.69, 9.17) is 0 Å². The number of hydrogen-bond donors (Lipinski definition) is 0. The highest BCUT2D eigenvalue weighted by Crippen LogP contribution is 2.29. The lowest BCUT2D eigenvalue weighted by atomic mass is 10.0. The number of carbonyl (C=O) groups is 1. The van der Waals surface area contributed by atoms with Crippen molar-refractivity contribution in [3.63, 3.8) is 0 Å². The van der Waals surface area contributed by atoms with Crippen molar-refractivity contribution in [1.82, 2.24) is 4.98 Å². The normalized spacial score (nSPS) is 13.7. The number of amides is 1. The molecule has 0 unspecified atom stereocenters. The Balaban J connectivity index is 2.01. The van der Waals surface area contributed by atoms with Crippen molar-refractivity contribution >= 4 is 17.4 Å². The van der Waals surface area contributed by atoms with E-state index in [0.29, 0.717) is 11.4 Å². The van der Waals surface area contributed by atoms with Crippen LogP contribution in [0.5, 0.6) is 0 Å². The lowest BCUT2D eigenvalue weighted by Crippen LogP contribution is -2.36. The van der Waals surface area contributed by atoms with Crippen LogP contribution >= 0.6 is 0 Å². The van der Waals surface area contributed by atoms with Gasteiger partial charge in [-0.2, -0.15) is 0 Å². The summed E-state index contributed by atoms with van der Waals surface area (Å²) in [6.45, 7) is 0.762. The van der Waals surface area contributed by atoms with Gasteiger partial charge in [0.2, 0.25) is 0 Å². The average Bonchev–Trinajstić information content (AvgIpc) is 2.53. The Morgan fingerprint density at radius 3 is 2.81 bits per heavy atom. The Kier molecular flexibility index (Phi) is 3.60. The minimum atomic E-state index is 0.0268. The number of para-hydroxylation sites is 1. The second kappa shape index (κ2) is 5.56. The quantitative estimate of drug-likeness (QED) is 0.849. The van der Waals surface area contributed by atoms with E-state index in [0.717, 1.165) is 25.1 Å². The lowest BCUT2D eigenvalue weighted by molar-refractivity contribution is 0.0985. The van der Waals surface area contributed by atoms with E-state index < -0.39 is 0 Å². The molecule has 0 saturated heterocycles. The van der Waals surface area contributed by atoms with Crippen molar-refractivity contribution in [1.29, 1.82) is 0 Å². The third-order valence-electron chi connectivity index (χ3n) is 3.80. The van der Waals surface area contributed by atoms with Crippen LogP contribution < -0.4 is 9.80 Å². The first kappa shape index (κ1) is 13.6. The summed E-state index contributed by atoms with van der Waals surface area (Å²) in [5.41, 5.74) is 2.92. The van der Waals surface area contributed by atoms with Crippen LogP contribution in [0, 0.1) is 0 Å². The topological polar surface area (TPSA) is 36.4 Å². The van der Waals surface area contributed by atoms with Gasteiger partial charge in [-0.05, 0) is 36.6 Å².